The van der Waals surface area contributed by atoms with Gasteiger partial charge in [0.25, 0.3) is 0 Å². The number of nitrogens with zero attached hydrogens (tertiary/aromatic N) is 1. The van der Waals surface area contributed by atoms with Gasteiger partial charge in [-0.2, -0.15) is 0 Å². The van der Waals surface area contributed by atoms with Gasteiger partial charge >= 0.3 is 12.0 Å². The molecule has 0 aromatic heterocycles. The van der Waals surface area contributed by atoms with Crippen LogP contribution in [0, 0.1) is 5.82 Å². The number of amides is 2. The average Bonchev–Trinajstić information content (AvgIpc) is 2.40. The molecule has 0 saturated heterocycles. The second-order valence-corrected chi connectivity index (χ2v) is 4.49. The fourth-order valence-electron chi connectivity index (χ4n) is 1.71. The molecule has 1 aromatic rings. The van der Waals surface area contributed by atoms with Gasteiger partial charge in [0.05, 0.1) is 0 Å². The van der Waals surface area contributed by atoms with Crippen LogP contribution in [0.3, 0.4) is 0 Å². The number of rotatable bonds is 7. The number of benzene rings is 1. The first-order valence-corrected chi connectivity index (χ1v) is 6.45. The van der Waals surface area contributed by atoms with Crippen molar-refractivity contribution in [3.8, 4) is 0 Å². The van der Waals surface area contributed by atoms with E-state index in [1.807, 2.05) is 0 Å². The molecule has 0 saturated carbocycles. The fourth-order valence-corrected chi connectivity index (χ4v) is 1.71. The minimum absolute atomic E-state index is 0.0346. The van der Waals surface area contributed by atoms with Gasteiger partial charge in [-0.3, -0.25) is 4.79 Å². The normalized spacial score (nSPS) is 10.1. The Balaban J connectivity index is 2.25. The first-order chi connectivity index (χ1) is 9.50. The van der Waals surface area contributed by atoms with E-state index in [4.69, 9.17) is 5.11 Å². The maximum Gasteiger partial charge on any atom is 0.317 e. The predicted octanol–water partition coefficient (Wildman–Crippen LogP) is 1.87. The van der Waals surface area contributed by atoms with Crippen molar-refractivity contribution in [2.24, 2.45) is 0 Å². The highest BCUT2D eigenvalue weighted by atomic mass is 19.1. The third-order valence-electron chi connectivity index (χ3n) is 2.86. The average molecular weight is 282 g/mol. The topological polar surface area (TPSA) is 69.6 Å². The molecule has 0 heterocycles. The van der Waals surface area contributed by atoms with Crippen molar-refractivity contribution >= 4 is 12.0 Å². The summed E-state index contributed by atoms with van der Waals surface area (Å²) in [6.07, 6.45) is 0.862. The molecule has 5 nitrogen and oxygen atoms in total. The number of carbonyl (C=O) groups is 2. The summed E-state index contributed by atoms with van der Waals surface area (Å²) in [7, 11) is 1.60. The van der Waals surface area contributed by atoms with Crippen LogP contribution in [-0.4, -0.2) is 42.1 Å². The lowest BCUT2D eigenvalue weighted by molar-refractivity contribution is -0.137. The Morgan fingerprint density at radius 2 is 2.05 bits per heavy atom. The highest BCUT2D eigenvalue weighted by Crippen LogP contribution is 2.06. The molecule has 0 unspecified atom stereocenters. The number of carboxylic acids is 1. The summed E-state index contributed by atoms with van der Waals surface area (Å²) < 4.78 is 13.3. The van der Waals surface area contributed by atoms with Crippen LogP contribution in [0.25, 0.3) is 0 Å². The van der Waals surface area contributed by atoms with Gasteiger partial charge in [-0.25, -0.2) is 9.18 Å². The maximum absolute atomic E-state index is 13.3. The predicted molar refractivity (Wildman–Crippen MR) is 73.0 cm³/mol. The van der Waals surface area contributed by atoms with Crippen LogP contribution in [0.15, 0.2) is 24.3 Å². The number of aliphatic carboxylic acids is 1. The number of carboxylic acid groups (broad SMARTS) is 1. The van der Waals surface area contributed by atoms with Gasteiger partial charge in [-0.15, -0.1) is 0 Å². The van der Waals surface area contributed by atoms with Crippen LogP contribution < -0.4 is 5.32 Å². The number of carbonyl (C=O) groups excluding carboxylic acids is 1. The number of hydrogen-bond donors (Lipinski definition) is 2. The van der Waals surface area contributed by atoms with Crippen LogP contribution in [0.1, 0.15) is 18.4 Å². The standard InChI is InChI=1S/C14H19FN2O3/c1-17(10-4-7-13(18)19)14(20)16-9-8-11-5-2-3-6-12(11)15/h2-3,5-6H,4,7-10H2,1H3,(H,16,20)(H,18,19). The van der Waals surface area contributed by atoms with Gasteiger partial charge < -0.3 is 15.3 Å². The summed E-state index contributed by atoms with van der Waals surface area (Å²) in [5.74, 6) is -1.16. The lowest BCUT2D eigenvalue weighted by Gasteiger charge is -2.17. The van der Waals surface area contributed by atoms with Crippen LogP contribution in [-0.2, 0) is 11.2 Å². The molecule has 0 aliphatic heterocycles. The van der Waals surface area contributed by atoms with E-state index in [0.717, 1.165) is 0 Å². The summed E-state index contributed by atoms with van der Waals surface area (Å²) in [4.78, 5) is 23.4. The van der Waals surface area contributed by atoms with Crippen LogP contribution in [0.5, 0.6) is 0 Å². The third-order valence-corrected chi connectivity index (χ3v) is 2.86. The first kappa shape index (κ1) is 15.9. The molecule has 20 heavy (non-hydrogen) atoms. The third kappa shape index (κ3) is 5.69. The first-order valence-electron chi connectivity index (χ1n) is 6.45. The zero-order valence-electron chi connectivity index (χ0n) is 11.4. The number of nitrogens with one attached hydrogen (secondary N) is 1. The van der Waals surface area contributed by atoms with Crippen molar-refractivity contribution < 1.29 is 19.1 Å². The second-order valence-electron chi connectivity index (χ2n) is 4.49. The Bertz CT molecular complexity index is 465. The lowest BCUT2D eigenvalue weighted by atomic mass is 10.1. The van der Waals surface area contributed by atoms with Crippen LogP contribution in [0.4, 0.5) is 9.18 Å². The molecule has 0 aliphatic rings. The van der Waals surface area contributed by atoms with Gasteiger partial charge in [0.15, 0.2) is 0 Å². The summed E-state index contributed by atoms with van der Waals surface area (Å²) in [6.45, 7) is 0.709. The minimum Gasteiger partial charge on any atom is -0.481 e. The largest absolute Gasteiger partial charge is 0.481 e. The Hall–Kier alpha value is -2.11. The van der Waals surface area contributed by atoms with Crippen molar-refractivity contribution in [1.29, 1.82) is 0 Å². The highest BCUT2D eigenvalue weighted by molar-refractivity contribution is 5.73. The Morgan fingerprint density at radius 1 is 1.35 bits per heavy atom. The summed E-state index contributed by atoms with van der Waals surface area (Å²) in [6, 6.07) is 6.14. The molecule has 1 rings (SSSR count). The zero-order valence-corrected chi connectivity index (χ0v) is 11.4. The zero-order chi connectivity index (χ0) is 15.0. The van der Waals surface area contributed by atoms with E-state index in [9.17, 15) is 14.0 Å². The minimum atomic E-state index is -0.877. The van der Waals surface area contributed by atoms with E-state index < -0.39 is 5.97 Å². The quantitative estimate of drug-likeness (QED) is 0.802. The Kier molecular flexibility index (Phi) is 6.49. The molecule has 0 fully saturated rings. The molecule has 0 aliphatic carbocycles. The van der Waals surface area contributed by atoms with E-state index in [-0.39, 0.29) is 18.3 Å². The molecular formula is C14H19FN2O3. The van der Waals surface area contributed by atoms with E-state index in [1.165, 1.54) is 11.0 Å². The molecular weight excluding hydrogens is 263 g/mol. The summed E-state index contributed by atoms with van der Waals surface area (Å²) in [5, 5.41) is 11.2. The fraction of sp³-hybridized carbons (Fsp3) is 0.429. The van der Waals surface area contributed by atoms with E-state index >= 15 is 0 Å². The van der Waals surface area contributed by atoms with Crippen molar-refractivity contribution in [2.75, 3.05) is 20.1 Å². The Morgan fingerprint density at radius 3 is 2.70 bits per heavy atom. The van der Waals surface area contributed by atoms with Crippen molar-refractivity contribution in [1.82, 2.24) is 10.2 Å². The van der Waals surface area contributed by atoms with E-state index in [1.54, 1.807) is 25.2 Å². The molecule has 0 atom stereocenters. The van der Waals surface area contributed by atoms with Crippen LogP contribution >= 0.6 is 0 Å². The van der Waals surface area contributed by atoms with Gasteiger partial charge in [0.2, 0.25) is 0 Å². The molecule has 2 N–H and O–H groups in total. The molecule has 0 radical (unpaired) electrons. The number of hydrogen-bond acceptors (Lipinski definition) is 2. The van der Waals surface area contributed by atoms with Gasteiger partial charge in [0.1, 0.15) is 5.82 Å². The summed E-state index contributed by atoms with van der Waals surface area (Å²) >= 11 is 0. The van der Waals surface area contributed by atoms with Crippen molar-refractivity contribution in [2.45, 2.75) is 19.3 Å². The molecule has 2 amide bonds. The highest BCUT2D eigenvalue weighted by Gasteiger charge is 2.08. The SMILES string of the molecule is CN(CCCC(=O)O)C(=O)NCCc1ccccc1F. The number of urea groups is 1. The molecule has 6 heteroatoms. The second kappa shape index (κ2) is 8.14. The van der Waals surface area contributed by atoms with Gasteiger partial charge in [-0.05, 0) is 24.5 Å². The number of halogens is 1. The molecule has 0 bridgehead atoms. The van der Waals surface area contributed by atoms with Crippen molar-refractivity contribution in [3.05, 3.63) is 35.6 Å². The Labute approximate surface area is 117 Å². The van der Waals surface area contributed by atoms with Gasteiger partial charge in [-0.1, -0.05) is 18.2 Å². The monoisotopic (exact) mass is 282 g/mol. The molecule has 1 aromatic carbocycles. The molecule has 110 valence electrons. The van der Waals surface area contributed by atoms with Crippen LogP contribution in [0.2, 0.25) is 0 Å². The van der Waals surface area contributed by atoms with Gasteiger partial charge in [0, 0.05) is 26.6 Å². The maximum atomic E-state index is 13.3. The molecule has 0 spiro atoms. The van der Waals surface area contributed by atoms with E-state index in [0.29, 0.717) is 31.5 Å². The lowest BCUT2D eigenvalue weighted by Crippen LogP contribution is -2.38. The smallest absolute Gasteiger partial charge is 0.317 e. The summed E-state index contributed by atoms with van der Waals surface area (Å²) in [5.41, 5.74) is 0.557. The van der Waals surface area contributed by atoms with E-state index in [2.05, 4.69) is 5.32 Å². The van der Waals surface area contributed by atoms with Crippen molar-refractivity contribution in [3.63, 3.8) is 0 Å².